The van der Waals surface area contributed by atoms with E-state index in [2.05, 4.69) is 10.4 Å². The minimum atomic E-state index is -0.164. The van der Waals surface area contributed by atoms with Gasteiger partial charge >= 0.3 is 0 Å². The third-order valence-electron chi connectivity index (χ3n) is 1.28. The van der Waals surface area contributed by atoms with E-state index in [1.54, 1.807) is 7.05 Å². The van der Waals surface area contributed by atoms with Gasteiger partial charge < -0.3 is 5.32 Å². The summed E-state index contributed by atoms with van der Waals surface area (Å²) in [5.41, 5.74) is 1.77. The highest BCUT2D eigenvalue weighted by molar-refractivity contribution is 6.25. The van der Waals surface area contributed by atoms with Crippen LogP contribution >= 0.6 is 11.6 Å². The molecule has 5 heteroatoms. The molecule has 4 nitrogen and oxygen atoms in total. The molecule has 64 valence electrons. The van der Waals surface area contributed by atoms with Crippen molar-refractivity contribution in [2.45, 2.75) is 0 Å². The number of anilines is 1. The Balaban J connectivity index is 2.90. The van der Waals surface area contributed by atoms with Gasteiger partial charge in [0.25, 0.3) is 5.56 Å². The van der Waals surface area contributed by atoms with Crippen molar-refractivity contribution in [3.05, 3.63) is 34.4 Å². The largest absolute Gasteiger partial charge is 0.359 e. The molecule has 0 saturated heterocycles. The summed E-state index contributed by atoms with van der Waals surface area (Å²) >= 11 is 5.28. The summed E-state index contributed by atoms with van der Waals surface area (Å²) in [6.07, 6.45) is 3.05. The Labute approximate surface area is 74.5 Å². The van der Waals surface area contributed by atoms with Crippen LogP contribution in [0.2, 0.25) is 0 Å². The van der Waals surface area contributed by atoms with E-state index in [0.29, 0.717) is 5.69 Å². The second kappa shape index (κ2) is 3.92. The molecule has 0 aromatic carbocycles. The number of aromatic nitrogens is 2. The molecular weight excluding hydrogens is 178 g/mol. The molecule has 0 unspecified atom stereocenters. The van der Waals surface area contributed by atoms with Crippen molar-refractivity contribution in [1.82, 2.24) is 9.78 Å². The van der Waals surface area contributed by atoms with Crippen molar-refractivity contribution < 1.29 is 0 Å². The molecular formula is C7H8ClN3O. The fourth-order valence-electron chi connectivity index (χ4n) is 0.676. The average molecular weight is 186 g/mol. The smallest absolute Gasteiger partial charge is 0.268 e. The lowest BCUT2D eigenvalue weighted by Gasteiger charge is -1.99. The quantitative estimate of drug-likeness (QED) is 0.745. The van der Waals surface area contributed by atoms with Gasteiger partial charge in [-0.15, -0.1) is 0 Å². The van der Waals surface area contributed by atoms with Crippen LogP contribution in [0.15, 0.2) is 28.8 Å². The predicted molar refractivity (Wildman–Crippen MR) is 48.1 cm³/mol. The van der Waals surface area contributed by atoms with Crippen LogP contribution in [0.3, 0.4) is 0 Å². The van der Waals surface area contributed by atoms with E-state index < -0.39 is 0 Å². The number of aryl methyl sites for hydroxylation is 1. The Morgan fingerprint density at radius 3 is 3.08 bits per heavy atom. The van der Waals surface area contributed by atoms with E-state index in [-0.39, 0.29) is 5.56 Å². The Hall–Kier alpha value is -1.29. The molecule has 1 rings (SSSR count). The molecule has 0 fully saturated rings. The van der Waals surface area contributed by atoms with E-state index in [4.69, 9.17) is 11.6 Å². The highest BCUT2D eigenvalue weighted by atomic mass is 35.5. The normalized spacial score (nSPS) is 10.5. The Bertz CT molecular complexity index is 345. The van der Waals surface area contributed by atoms with Crippen molar-refractivity contribution in [1.29, 1.82) is 0 Å². The first kappa shape index (κ1) is 8.80. The van der Waals surface area contributed by atoms with Crippen LogP contribution in [0.25, 0.3) is 0 Å². The standard InChI is InChI=1S/C7H8ClN3O/c1-11-7(12)4-6(5-10-11)9-3-2-8/h2-5,9H,1H3. The summed E-state index contributed by atoms with van der Waals surface area (Å²) in [6, 6.07) is 1.43. The number of nitrogens with zero attached hydrogens (tertiary/aromatic N) is 2. The summed E-state index contributed by atoms with van der Waals surface area (Å²) < 4.78 is 1.25. The highest BCUT2D eigenvalue weighted by Gasteiger charge is 1.92. The molecule has 0 radical (unpaired) electrons. The number of hydrogen-bond acceptors (Lipinski definition) is 3. The van der Waals surface area contributed by atoms with E-state index in [1.165, 1.54) is 28.7 Å². The number of rotatable bonds is 2. The average Bonchev–Trinajstić information content (AvgIpc) is 2.07. The zero-order chi connectivity index (χ0) is 8.97. The molecule has 1 heterocycles. The van der Waals surface area contributed by atoms with Crippen LogP contribution in [0.4, 0.5) is 5.69 Å². The van der Waals surface area contributed by atoms with E-state index in [0.717, 1.165) is 0 Å². The lowest BCUT2D eigenvalue weighted by Crippen LogP contribution is -2.18. The first-order valence-corrected chi connectivity index (χ1v) is 3.73. The summed E-state index contributed by atoms with van der Waals surface area (Å²) in [5.74, 6) is 0. The SMILES string of the molecule is Cn1ncc(NC=CCl)cc1=O. The zero-order valence-corrected chi connectivity index (χ0v) is 7.25. The van der Waals surface area contributed by atoms with Gasteiger partial charge in [-0.05, 0) is 0 Å². The third kappa shape index (κ3) is 2.10. The Morgan fingerprint density at radius 1 is 1.75 bits per heavy atom. The van der Waals surface area contributed by atoms with Crippen molar-refractivity contribution in [3.63, 3.8) is 0 Å². The van der Waals surface area contributed by atoms with Gasteiger partial charge in [0, 0.05) is 24.8 Å². The topological polar surface area (TPSA) is 46.9 Å². The summed E-state index contributed by atoms with van der Waals surface area (Å²) in [7, 11) is 1.59. The van der Waals surface area contributed by atoms with Gasteiger partial charge in [-0.1, -0.05) is 11.6 Å². The van der Waals surface area contributed by atoms with Gasteiger partial charge in [0.2, 0.25) is 0 Å². The van der Waals surface area contributed by atoms with Crippen LogP contribution < -0.4 is 10.9 Å². The monoisotopic (exact) mass is 185 g/mol. The molecule has 0 aliphatic rings. The molecule has 0 saturated carbocycles. The molecule has 0 bridgehead atoms. The Kier molecular flexibility index (Phi) is 2.88. The zero-order valence-electron chi connectivity index (χ0n) is 6.49. The van der Waals surface area contributed by atoms with E-state index in [9.17, 15) is 4.79 Å². The summed E-state index contributed by atoms with van der Waals surface area (Å²) in [4.78, 5) is 11.0. The van der Waals surface area contributed by atoms with Crippen molar-refractivity contribution >= 4 is 17.3 Å². The van der Waals surface area contributed by atoms with Gasteiger partial charge in [-0.25, -0.2) is 4.68 Å². The maximum absolute atomic E-state index is 11.0. The second-order valence-corrected chi connectivity index (χ2v) is 2.40. The first-order chi connectivity index (χ1) is 5.74. The molecule has 0 spiro atoms. The van der Waals surface area contributed by atoms with Crippen molar-refractivity contribution in [2.24, 2.45) is 7.05 Å². The van der Waals surface area contributed by atoms with Crippen molar-refractivity contribution in [2.75, 3.05) is 5.32 Å². The molecule has 0 atom stereocenters. The maximum atomic E-state index is 11.0. The molecule has 1 aromatic heterocycles. The van der Waals surface area contributed by atoms with Gasteiger partial charge in [-0.2, -0.15) is 5.10 Å². The third-order valence-corrected chi connectivity index (χ3v) is 1.41. The lowest BCUT2D eigenvalue weighted by molar-refractivity contribution is 0.708. The predicted octanol–water partition coefficient (Wildman–Crippen LogP) is 0.902. The first-order valence-electron chi connectivity index (χ1n) is 3.29. The fraction of sp³-hybridized carbons (Fsp3) is 0.143. The molecule has 0 aliphatic heterocycles. The number of nitrogens with one attached hydrogen (secondary N) is 1. The van der Waals surface area contributed by atoms with Crippen LogP contribution in [0.5, 0.6) is 0 Å². The lowest BCUT2D eigenvalue weighted by atomic mass is 10.5. The number of halogens is 1. The number of hydrogen-bond donors (Lipinski definition) is 1. The fourth-order valence-corrected chi connectivity index (χ4v) is 0.739. The molecule has 1 aromatic rings. The van der Waals surface area contributed by atoms with E-state index >= 15 is 0 Å². The highest BCUT2D eigenvalue weighted by Crippen LogP contribution is 1.98. The van der Waals surface area contributed by atoms with Crippen LogP contribution in [0, 0.1) is 0 Å². The molecule has 0 aliphatic carbocycles. The maximum Gasteiger partial charge on any atom is 0.268 e. The second-order valence-electron chi connectivity index (χ2n) is 2.14. The Morgan fingerprint density at radius 2 is 2.50 bits per heavy atom. The molecule has 0 amide bonds. The van der Waals surface area contributed by atoms with Crippen molar-refractivity contribution in [3.8, 4) is 0 Å². The van der Waals surface area contributed by atoms with E-state index in [1.807, 2.05) is 0 Å². The van der Waals surface area contributed by atoms with Gasteiger partial charge in [0.15, 0.2) is 0 Å². The minimum Gasteiger partial charge on any atom is -0.359 e. The summed E-state index contributed by atoms with van der Waals surface area (Å²) in [6.45, 7) is 0. The van der Waals surface area contributed by atoms with Crippen LogP contribution in [-0.4, -0.2) is 9.78 Å². The van der Waals surface area contributed by atoms with Crippen LogP contribution in [0.1, 0.15) is 0 Å². The van der Waals surface area contributed by atoms with Gasteiger partial charge in [0.1, 0.15) is 0 Å². The van der Waals surface area contributed by atoms with Gasteiger partial charge in [-0.3, -0.25) is 4.79 Å². The summed E-state index contributed by atoms with van der Waals surface area (Å²) in [5, 5.41) is 6.57. The molecule has 12 heavy (non-hydrogen) atoms. The molecule has 1 N–H and O–H groups in total. The minimum absolute atomic E-state index is 0.164. The van der Waals surface area contributed by atoms with Crippen LogP contribution in [-0.2, 0) is 7.05 Å². The van der Waals surface area contributed by atoms with Gasteiger partial charge in [0.05, 0.1) is 11.9 Å².